The molecule has 1 fully saturated rings. The molecule has 2 N–H and O–H groups in total. The van der Waals surface area contributed by atoms with Crippen LogP contribution >= 0.6 is 0 Å². The molecule has 0 aromatic rings. The van der Waals surface area contributed by atoms with Gasteiger partial charge in [-0.2, -0.15) is 0 Å². The van der Waals surface area contributed by atoms with Gasteiger partial charge < -0.3 is 10.6 Å². The van der Waals surface area contributed by atoms with Crippen LogP contribution < -0.4 is 5.73 Å². The lowest BCUT2D eigenvalue weighted by molar-refractivity contribution is -0.143. The van der Waals surface area contributed by atoms with Crippen molar-refractivity contribution in [3.8, 4) is 0 Å². The summed E-state index contributed by atoms with van der Waals surface area (Å²) in [6.45, 7) is 7.41. The molecule has 0 spiro atoms. The molecule has 0 aromatic heterocycles. The molecular formula is C14H28N2O. The maximum Gasteiger partial charge on any atom is 0.230 e. The molecule has 0 aromatic carbocycles. The third-order valence-electron chi connectivity index (χ3n) is 4.36. The van der Waals surface area contributed by atoms with Gasteiger partial charge in [-0.05, 0) is 33.1 Å². The Morgan fingerprint density at radius 1 is 1.29 bits per heavy atom. The number of rotatable bonds is 5. The number of hydrogen-bond acceptors (Lipinski definition) is 2. The highest BCUT2D eigenvalue weighted by molar-refractivity contribution is 5.82. The van der Waals surface area contributed by atoms with Gasteiger partial charge >= 0.3 is 0 Å². The maximum atomic E-state index is 12.6. The van der Waals surface area contributed by atoms with E-state index in [9.17, 15) is 4.79 Å². The molecule has 0 saturated heterocycles. The van der Waals surface area contributed by atoms with Crippen LogP contribution in [0.15, 0.2) is 0 Å². The lowest BCUT2D eigenvalue weighted by Crippen LogP contribution is -2.50. The van der Waals surface area contributed by atoms with Crippen molar-refractivity contribution in [3.05, 3.63) is 0 Å². The fourth-order valence-corrected chi connectivity index (χ4v) is 2.69. The lowest BCUT2D eigenvalue weighted by Gasteiger charge is -2.39. The van der Waals surface area contributed by atoms with Crippen LogP contribution in [-0.4, -0.2) is 29.9 Å². The number of hydrogen-bond donors (Lipinski definition) is 1. The van der Waals surface area contributed by atoms with Gasteiger partial charge in [-0.3, -0.25) is 4.79 Å². The Morgan fingerprint density at radius 2 is 1.88 bits per heavy atom. The van der Waals surface area contributed by atoms with E-state index < -0.39 is 0 Å². The fraction of sp³-hybridized carbons (Fsp3) is 0.929. The highest BCUT2D eigenvalue weighted by atomic mass is 16.2. The predicted molar refractivity (Wildman–Crippen MR) is 71.7 cm³/mol. The van der Waals surface area contributed by atoms with Gasteiger partial charge in [-0.15, -0.1) is 0 Å². The Labute approximate surface area is 106 Å². The second kappa shape index (κ2) is 6.39. The van der Waals surface area contributed by atoms with E-state index in [1.54, 1.807) is 0 Å². The number of carbonyl (C=O) groups is 1. The van der Waals surface area contributed by atoms with Gasteiger partial charge in [0, 0.05) is 19.1 Å². The summed E-state index contributed by atoms with van der Waals surface area (Å²) < 4.78 is 0. The van der Waals surface area contributed by atoms with Crippen molar-refractivity contribution >= 4 is 5.91 Å². The van der Waals surface area contributed by atoms with Crippen molar-refractivity contribution in [1.82, 2.24) is 4.90 Å². The molecule has 17 heavy (non-hydrogen) atoms. The molecule has 1 rings (SSSR count). The fourth-order valence-electron chi connectivity index (χ4n) is 2.69. The van der Waals surface area contributed by atoms with E-state index in [1.165, 1.54) is 32.1 Å². The normalized spacial score (nSPS) is 20.9. The first-order valence-corrected chi connectivity index (χ1v) is 7.10. The second-order valence-electron chi connectivity index (χ2n) is 5.50. The maximum absolute atomic E-state index is 12.6. The molecule has 3 nitrogen and oxygen atoms in total. The summed E-state index contributed by atoms with van der Waals surface area (Å²) in [6, 6.07) is 0.457. The number of amides is 1. The summed E-state index contributed by atoms with van der Waals surface area (Å²) in [7, 11) is 0. The van der Waals surface area contributed by atoms with Gasteiger partial charge in [0.2, 0.25) is 5.91 Å². The summed E-state index contributed by atoms with van der Waals surface area (Å²) in [4.78, 5) is 14.7. The quantitative estimate of drug-likeness (QED) is 0.802. The first kappa shape index (κ1) is 14.5. The van der Waals surface area contributed by atoms with Crippen molar-refractivity contribution in [2.45, 2.75) is 65.3 Å². The van der Waals surface area contributed by atoms with Crippen molar-refractivity contribution in [2.75, 3.05) is 13.1 Å². The van der Waals surface area contributed by atoms with E-state index in [-0.39, 0.29) is 11.3 Å². The zero-order chi connectivity index (χ0) is 12.9. The average molecular weight is 240 g/mol. The molecular weight excluding hydrogens is 212 g/mol. The predicted octanol–water partition coefficient (Wildman–Crippen LogP) is 2.54. The van der Waals surface area contributed by atoms with E-state index >= 15 is 0 Å². The van der Waals surface area contributed by atoms with Crippen LogP contribution in [0, 0.1) is 5.41 Å². The summed E-state index contributed by atoms with van der Waals surface area (Å²) in [5, 5.41) is 0. The Morgan fingerprint density at radius 3 is 2.29 bits per heavy atom. The molecule has 0 heterocycles. The van der Waals surface area contributed by atoms with E-state index in [2.05, 4.69) is 18.7 Å². The van der Waals surface area contributed by atoms with Crippen LogP contribution in [0.1, 0.15) is 59.3 Å². The van der Waals surface area contributed by atoms with Gasteiger partial charge in [-0.1, -0.05) is 26.2 Å². The van der Waals surface area contributed by atoms with Gasteiger partial charge in [0.25, 0.3) is 0 Å². The Hall–Kier alpha value is -0.570. The summed E-state index contributed by atoms with van der Waals surface area (Å²) in [5.74, 6) is 0.261. The zero-order valence-corrected chi connectivity index (χ0v) is 11.7. The topological polar surface area (TPSA) is 46.3 Å². The first-order valence-electron chi connectivity index (χ1n) is 7.10. The molecule has 1 unspecified atom stereocenters. The average Bonchev–Trinajstić information content (AvgIpc) is 2.39. The highest BCUT2D eigenvalue weighted by Crippen LogP contribution is 2.28. The van der Waals surface area contributed by atoms with Crippen LogP contribution in [0.5, 0.6) is 0 Å². The Bertz CT molecular complexity index is 243. The number of nitrogens with zero attached hydrogens (tertiary/aromatic N) is 1. The third-order valence-corrected chi connectivity index (χ3v) is 4.36. The largest absolute Gasteiger partial charge is 0.339 e. The van der Waals surface area contributed by atoms with Gasteiger partial charge in [0.15, 0.2) is 0 Å². The molecule has 0 bridgehead atoms. The van der Waals surface area contributed by atoms with Crippen molar-refractivity contribution in [2.24, 2.45) is 11.1 Å². The monoisotopic (exact) mass is 240 g/mol. The van der Waals surface area contributed by atoms with Gasteiger partial charge in [-0.25, -0.2) is 0 Å². The molecule has 1 atom stereocenters. The zero-order valence-electron chi connectivity index (χ0n) is 11.7. The smallest absolute Gasteiger partial charge is 0.230 e. The van der Waals surface area contributed by atoms with Crippen LogP contribution in [0.3, 0.4) is 0 Å². The molecule has 1 amide bonds. The van der Waals surface area contributed by atoms with Crippen LogP contribution in [-0.2, 0) is 4.79 Å². The first-order chi connectivity index (χ1) is 8.09. The Balaban J connectivity index is 2.74. The molecule has 1 aliphatic rings. The summed E-state index contributed by atoms with van der Waals surface area (Å²) in [5.41, 5.74) is 5.43. The third kappa shape index (κ3) is 3.21. The molecule has 1 saturated carbocycles. The number of carbonyl (C=O) groups excluding carboxylic acids is 1. The minimum Gasteiger partial charge on any atom is -0.339 e. The van der Waals surface area contributed by atoms with Crippen LogP contribution in [0.25, 0.3) is 0 Å². The van der Waals surface area contributed by atoms with Crippen molar-refractivity contribution in [1.29, 1.82) is 0 Å². The number of nitrogens with two attached hydrogens (primary N) is 1. The highest BCUT2D eigenvalue weighted by Gasteiger charge is 2.36. The van der Waals surface area contributed by atoms with E-state index in [1.807, 2.05) is 6.92 Å². The van der Waals surface area contributed by atoms with Crippen molar-refractivity contribution < 1.29 is 4.79 Å². The standard InChI is InChI=1S/C14H28N2O/c1-4-14(3,11-15)13(17)16(5-2)12-9-7-6-8-10-12/h12H,4-11,15H2,1-3H3. The molecule has 0 radical (unpaired) electrons. The van der Waals surface area contributed by atoms with Crippen molar-refractivity contribution in [3.63, 3.8) is 0 Å². The molecule has 100 valence electrons. The van der Waals surface area contributed by atoms with E-state index in [4.69, 9.17) is 5.73 Å². The molecule has 3 heteroatoms. The molecule has 0 aliphatic heterocycles. The molecule has 1 aliphatic carbocycles. The van der Waals surface area contributed by atoms with Crippen LogP contribution in [0.2, 0.25) is 0 Å². The Kier molecular flexibility index (Phi) is 5.44. The summed E-state index contributed by atoms with van der Waals surface area (Å²) in [6.07, 6.45) is 7.02. The van der Waals surface area contributed by atoms with Gasteiger partial charge in [0.05, 0.1) is 5.41 Å². The lowest BCUT2D eigenvalue weighted by atomic mass is 9.84. The minimum absolute atomic E-state index is 0.261. The van der Waals surface area contributed by atoms with E-state index in [0.29, 0.717) is 12.6 Å². The van der Waals surface area contributed by atoms with E-state index in [0.717, 1.165) is 13.0 Å². The van der Waals surface area contributed by atoms with Gasteiger partial charge in [0.1, 0.15) is 0 Å². The summed E-state index contributed by atoms with van der Waals surface area (Å²) >= 11 is 0. The SMILES string of the molecule is CCN(C(=O)C(C)(CC)CN)C1CCCCC1. The minimum atomic E-state index is -0.368. The van der Waals surface area contributed by atoms with Crippen LogP contribution in [0.4, 0.5) is 0 Å². The second-order valence-corrected chi connectivity index (χ2v) is 5.50.